The molecule has 152 valence electrons. The predicted octanol–water partition coefficient (Wildman–Crippen LogP) is 5.36. The van der Waals surface area contributed by atoms with Crippen LogP contribution < -0.4 is 10.1 Å². The lowest BCUT2D eigenvalue weighted by atomic mass is 10.1. The number of hydrogen-bond acceptors (Lipinski definition) is 4. The molecule has 30 heavy (non-hydrogen) atoms. The number of nitrogens with zero attached hydrogens (tertiary/aromatic N) is 1. The van der Waals surface area contributed by atoms with Gasteiger partial charge in [0.15, 0.2) is 18.1 Å². The summed E-state index contributed by atoms with van der Waals surface area (Å²) in [6, 6.07) is 19.5. The molecule has 0 radical (unpaired) electrons. The van der Waals surface area contributed by atoms with Crippen molar-refractivity contribution in [2.45, 2.75) is 27.2 Å². The first-order valence-corrected chi connectivity index (χ1v) is 9.90. The van der Waals surface area contributed by atoms with Gasteiger partial charge in [0.2, 0.25) is 0 Å². The van der Waals surface area contributed by atoms with E-state index in [2.05, 4.69) is 16.4 Å². The van der Waals surface area contributed by atoms with Crippen molar-refractivity contribution in [2.24, 2.45) is 0 Å². The molecule has 1 N–H and O–H groups in total. The molecule has 4 rings (SSSR count). The van der Waals surface area contributed by atoms with Crippen molar-refractivity contribution in [2.75, 3.05) is 11.9 Å². The van der Waals surface area contributed by atoms with E-state index in [1.165, 1.54) is 0 Å². The number of hydrogen-bond donors (Lipinski definition) is 1. The molecule has 3 aromatic carbocycles. The lowest BCUT2D eigenvalue weighted by Crippen LogP contribution is -2.20. The monoisotopic (exact) mass is 400 g/mol. The first kappa shape index (κ1) is 19.7. The average Bonchev–Trinajstić information content (AvgIpc) is 3.08. The molecule has 0 aliphatic carbocycles. The van der Waals surface area contributed by atoms with Crippen molar-refractivity contribution in [1.29, 1.82) is 0 Å². The fraction of sp³-hybridized carbons (Fsp3) is 0.200. The standard InChI is InChI=1S/C25H24N2O3/c1-16-4-9-23-22(13-16)27-25(30-23)14-19-5-7-20(8-6-19)26-24(28)15-29-21-11-17(2)10-18(3)12-21/h4-13H,14-15H2,1-3H3,(H,26,28). The van der Waals surface area contributed by atoms with Gasteiger partial charge >= 0.3 is 0 Å². The second-order valence-electron chi connectivity index (χ2n) is 7.61. The number of nitrogens with one attached hydrogen (secondary N) is 1. The number of anilines is 1. The van der Waals surface area contributed by atoms with Gasteiger partial charge in [-0.25, -0.2) is 4.98 Å². The Kier molecular flexibility index (Phi) is 5.53. The molecule has 0 atom stereocenters. The Bertz CT molecular complexity index is 1170. The molecule has 0 bridgehead atoms. The lowest BCUT2D eigenvalue weighted by molar-refractivity contribution is -0.118. The van der Waals surface area contributed by atoms with E-state index < -0.39 is 0 Å². The number of fused-ring (bicyclic) bond motifs is 1. The van der Waals surface area contributed by atoms with Crippen LogP contribution in [0.5, 0.6) is 5.75 Å². The summed E-state index contributed by atoms with van der Waals surface area (Å²) in [6.07, 6.45) is 0.595. The summed E-state index contributed by atoms with van der Waals surface area (Å²) in [5, 5.41) is 2.86. The van der Waals surface area contributed by atoms with Crippen LogP contribution in [0.2, 0.25) is 0 Å². The van der Waals surface area contributed by atoms with Gasteiger partial charge in [-0.3, -0.25) is 4.79 Å². The summed E-state index contributed by atoms with van der Waals surface area (Å²) in [5.74, 6) is 1.18. The van der Waals surface area contributed by atoms with Crippen molar-refractivity contribution >= 4 is 22.7 Å². The number of aromatic nitrogens is 1. The summed E-state index contributed by atoms with van der Waals surface area (Å²) in [6.45, 7) is 6.01. The molecule has 5 nitrogen and oxygen atoms in total. The number of aryl methyl sites for hydroxylation is 3. The molecule has 0 saturated heterocycles. The number of rotatable bonds is 6. The van der Waals surface area contributed by atoms with Crippen LogP contribution >= 0.6 is 0 Å². The fourth-order valence-corrected chi connectivity index (χ4v) is 3.40. The Balaban J connectivity index is 1.34. The molecular formula is C25H24N2O3. The van der Waals surface area contributed by atoms with E-state index in [1.807, 2.05) is 75.4 Å². The summed E-state index contributed by atoms with van der Waals surface area (Å²) in [7, 11) is 0. The molecule has 0 aliphatic heterocycles. The highest BCUT2D eigenvalue weighted by atomic mass is 16.5. The van der Waals surface area contributed by atoms with Crippen LogP contribution in [-0.2, 0) is 11.2 Å². The summed E-state index contributed by atoms with van der Waals surface area (Å²) in [4.78, 5) is 16.7. The minimum atomic E-state index is -0.198. The number of benzene rings is 3. The quantitative estimate of drug-likeness (QED) is 0.473. The largest absolute Gasteiger partial charge is 0.484 e. The Morgan fingerprint density at radius 3 is 2.40 bits per heavy atom. The van der Waals surface area contributed by atoms with Gasteiger partial charge in [0.05, 0.1) is 0 Å². The highest BCUT2D eigenvalue weighted by Crippen LogP contribution is 2.20. The van der Waals surface area contributed by atoms with Crippen LogP contribution in [-0.4, -0.2) is 17.5 Å². The van der Waals surface area contributed by atoms with Gasteiger partial charge < -0.3 is 14.5 Å². The maximum atomic E-state index is 12.2. The van der Waals surface area contributed by atoms with E-state index in [0.717, 1.165) is 39.0 Å². The van der Waals surface area contributed by atoms with Gasteiger partial charge in [0.1, 0.15) is 11.3 Å². The Labute approximate surface area is 175 Å². The van der Waals surface area contributed by atoms with E-state index in [0.29, 0.717) is 18.1 Å². The lowest BCUT2D eigenvalue weighted by Gasteiger charge is -2.09. The van der Waals surface area contributed by atoms with Crippen LogP contribution in [0.25, 0.3) is 11.1 Å². The van der Waals surface area contributed by atoms with E-state index in [1.54, 1.807) is 0 Å². The van der Waals surface area contributed by atoms with Gasteiger partial charge in [-0.05, 0) is 79.4 Å². The first-order valence-electron chi connectivity index (χ1n) is 9.90. The third kappa shape index (κ3) is 4.87. The second-order valence-corrected chi connectivity index (χ2v) is 7.61. The second kappa shape index (κ2) is 8.41. The molecule has 0 spiro atoms. The van der Waals surface area contributed by atoms with Crippen LogP contribution in [0.3, 0.4) is 0 Å². The maximum Gasteiger partial charge on any atom is 0.262 e. The van der Waals surface area contributed by atoms with Crippen LogP contribution in [0.1, 0.15) is 28.1 Å². The van der Waals surface area contributed by atoms with Gasteiger partial charge in [-0.2, -0.15) is 0 Å². The predicted molar refractivity (Wildman–Crippen MR) is 118 cm³/mol. The molecule has 4 aromatic rings. The molecular weight excluding hydrogens is 376 g/mol. The molecule has 0 aliphatic rings. The average molecular weight is 400 g/mol. The van der Waals surface area contributed by atoms with Crippen LogP contribution in [0, 0.1) is 20.8 Å². The van der Waals surface area contributed by atoms with E-state index in [4.69, 9.17) is 9.15 Å². The zero-order chi connectivity index (χ0) is 21.1. The van der Waals surface area contributed by atoms with Crippen molar-refractivity contribution in [3.8, 4) is 5.75 Å². The molecule has 1 aromatic heterocycles. The number of carbonyl (C=O) groups is 1. The van der Waals surface area contributed by atoms with E-state index >= 15 is 0 Å². The minimum Gasteiger partial charge on any atom is -0.484 e. The Hall–Kier alpha value is -3.60. The third-order valence-corrected chi connectivity index (χ3v) is 4.75. The summed E-state index contributed by atoms with van der Waals surface area (Å²) >= 11 is 0. The number of amides is 1. The zero-order valence-corrected chi connectivity index (χ0v) is 17.4. The molecule has 1 amide bonds. The zero-order valence-electron chi connectivity index (χ0n) is 17.4. The first-order chi connectivity index (χ1) is 14.4. The van der Waals surface area contributed by atoms with Crippen LogP contribution in [0.15, 0.2) is 65.1 Å². The summed E-state index contributed by atoms with van der Waals surface area (Å²) < 4.78 is 11.4. The van der Waals surface area contributed by atoms with Gasteiger partial charge in [0.25, 0.3) is 5.91 Å². The Morgan fingerprint density at radius 2 is 1.67 bits per heavy atom. The highest BCUT2D eigenvalue weighted by molar-refractivity contribution is 5.91. The van der Waals surface area contributed by atoms with Crippen molar-refractivity contribution < 1.29 is 13.9 Å². The van der Waals surface area contributed by atoms with Crippen LogP contribution in [0.4, 0.5) is 5.69 Å². The number of ether oxygens (including phenoxy) is 1. The van der Waals surface area contributed by atoms with Crippen molar-refractivity contribution in [3.05, 3.63) is 88.8 Å². The minimum absolute atomic E-state index is 0.0348. The smallest absolute Gasteiger partial charge is 0.262 e. The van der Waals surface area contributed by atoms with Gasteiger partial charge in [-0.15, -0.1) is 0 Å². The van der Waals surface area contributed by atoms with E-state index in [-0.39, 0.29) is 12.5 Å². The normalized spacial score (nSPS) is 10.9. The fourth-order valence-electron chi connectivity index (χ4n) is 3.40. The van der Waals surface area contributed by atoms with Crippen molar-refractivity contribution in [1.82, 2.24) is 4.98 Å². The molecule has 0 unspecified atom stereocenters. The summed E-state index contributed by atoms with van der Waals surface area (Å²) in [5.41, 5.74) is 6.82. The maximum absolute atomic E-state index is 12.2. The third-order valence-electron chi connectivity index (χ3n) is 4.75. The molecule has 5 heteroatoms. The number of carbonyl (C=O) groups excluding carboxylic acids is 1. The van der Waals surface area contributed by atoms with E-state index in [9.17, 15) is 4.79 Å². The Morgan fingerprint density at radius 1 is 0.933 bits per heavy atom. The SMILES string of the molecule is Cc1cc(C)cc(OCC(=O)Nc2ccc(Cc3nc4cc(C)ccc4o3)cc2)c1. The van der Waals surface area contributed by atoms with Crippen molar-refractivity contribution in [3.63, 3.8) is 0 Å². The molecule has 0 fully saturated rings. The highest BCUT2D eigenvalue weighted by Gasteiger charge is 2.08. The molecule has 1 heterocycles. The number of oxazole rings is 1. The van der Waals surface area contributed by atoms with Gasteiger partial charge in [0, 0.05) is 12.1 Å². The molecule has 0 saturated carbocycles. The van der Waals surface area contributed by atoms with Gasteiger partial charge in [-0.1, -0.05) is 24.3 Å². The topological polar surface area (TPSA) is 64.4 Å².